The zero-order chi connectivity index (χ0) is 12.7. The van der Waals surface area contributed by atoms with Crippen LogP contribution in [0.25, 0.3) is 0 Å². The van der Waals surface area contributed by atoms with Crippen molar-refractivity contribution in [2.45, 2.75) is 45.4 Å². The minimum absolute atomic E-state index is 0.581. The summed E-state index contributed by atoms with van der Waals surface area (Å²) in [4.78, 5) is 2.52. The molecule has 0 aromatic heterocycles. The number of hydrogen-bond acceptors (Lipinski definition) is 3. The third-order valence-electron chi connectivity index (χ3n) is 4.54. The van der Waals surface area contributed by atoms with Gasteiger partial charge in [-0.25, -0.2) is 0 Å². The summed E-state index contributed by atoms with van der Waals surface area (Å²) >= 11 is 0. The van der Waals surface area contributed by atoms with E-state index in [9.17, 15) is 0 Å². The topological polar surface area (TPSA) is 24.5 Å². The third-order valence-corrected chi connectivity index (χ3v) is 4.54. The van der Waals surface area contributed by atoms with Gasteiger partial charge in [-0.2, -0.15) is 0 Å². The van der Waals surface area contributed by atoms with Crippen molar-refractivity contribution < 1.29 is 4.74 Å². The highest BCUT2D eigenvalue weighted by Crippen LogP contribution is 2.34. The van der Waals surface area contributed by atoms with E-state index in [1.54, 1.807) is 0 Å². The Hall–Kier alpha value is -0.120. The second-order valence-corrected chi connectivity index (χ2v) is 6.36. The third kappa shape index (κ3) is 4.87. The first-order valence-corrected chi connectivity index (χ1v) is 7.79. The van der Waals surface area contributed by atoms with Crippen LogP contribution in [0.5, 0.6) is 0 Å². The van der Waals surface area contributed by atoms with Crippen molar-refractivity contribution in [3.63, 3.8) is 0 Å². The monoisotopic (exact) mass is 254 g/mol. The molecule has 0 spiro atoms. The van der Waals surface area contributed by atoms with Gasteiger partial charge in [0.05, 0.1) is 13.2 Å². The minimum atomic E-state index is 0.581. The summed E-state index contributed by atoms with van der Waals surface area (Å²) < 4.78 is 5.36. The van der Waals surface area contributed by atoms with Gasteiger partial charge in [-0.05, 0) is 37.8 Å². The molecule has 0 atom stereocenters. The summed E-state index contributed by atoms with van der Waals surface area (Å²) in [5.41, 5.74) is 0.581. The van der Waals surface area contributed by atoms with Gasteiger partial charge in [0, 0.05) is 19.6 Å². The van der Waals surface area contributed by atoms with Gasteiger partial charge in [-0.1, -0.05) is 26.2 Å². The first-order chi connectivity index (χ1) is 8.79. The van der Waals surface area contributed by atoms with Crippen LogP contribution in [0.2, 0.25) is 0 Å². The number of nitrogens with zero attached hydrogens (tertiary/aromatic N) is 1. The molecule has 1 saturated heterocycles. The molecule has 106 valence electrons. The lowest BCUT2D eigenvalue weighted by Crippen LogP contribution is -2.39. The van der Waals surface area contributed by atoms with Crippen molar-refractivity contribution in [1.82, 2.24) is 10.2 Å². The van der Waals surface area contributed by atoms with Gasteiger partial charge in [-0.15, -0.1) is 0 Å². The maximum atomic E-state index is 5.36. The molecule has 3 heteroatoms. The Balaban J connectivity index is 1.50. The second kappa shape index (κ2) is 7.46. The average molecular weight is 254 g/mol. The van der Waals surface area contributed by atoms with Crippen LogP contribution >= 0.6 is 0 Å². The fourth-order valence-corrected chi connectivity index (χ4v) is 3.22. The van der Waals surface area contributed by atoms with Crippen molar-refractivity contribution in [3.8, 4) is 0 Å². The molecule has 0 radical (unpaired) electrons. The van der Waals surface area contributed by atoms with Gasteiger partial charge < -0.3 is 10.1 Å². The molecule has 1 saturated carbocycles. The quantitative estimate of drug-likeness (QED) is 0.736. The van der Waals surface area contributed by atoms with Crippen LogP contribution in [-0.4, -0.2) is 50.8 Å². The van der Waals surface area contributed by atoms with Crippen LogP contribution in [-0.2, 0) is 4.74 Å². The highest BCUT2D eigenvalue weighted by Gasteiger charge is 2.25. The Labute approximate surface area is 112 Å². The highest BCUT2D eigenvalue weighted by molar-refractivity contribution is 4.80. The molecule has 2 rings (SSSR count). The Bertz CT molecular complexity index is 221. The zero-order valence-corrected chi connectivity index (χ0v) is 12.0. The first kappa shape index (κ1) is 14.3. The predicted molar refractivity (Wildman–Crippen MR) is 75.9 cm³/mol. The molecule has 1 heterocycles. The standard InChI is InChI=1S/C15H30N2O/c1-15(6-3-2-4-7-15)14-16-8-5-9-17-10-12-18-13-11-17/h16H,2-14H2,1H3. The molecule has 3 nitrogen and oxygen atoms in total. The summed E-state index contributed by atoms with van der Waals surface area (Å²) in [5, 5.41) is 3.68. The van der Waals surface area contributed by atoms with Crippen LogP contribution in [0, 0.1) is 5.41 Å². The summed E-state index contributed by atoms with van der Waals surface area (Å²) in [6, 6.07) is 0. The van der Waals surface area contributed by atoms with Crippen molar-refractivity contribution in [1.29, 1.82) is 0 Å². The van der Waals surface area contributed by atoms with Gasteiger partial charge in [0.1, 0.15) is 0 Å². The van der Waals surface area contributed by atoms with Crippen LogP contribution in [0.15, 0.2) is 0 Å². The van der Waals surface area contributed by atoms with E-state index in [0.717, 1.165) is 26.3 Å². The molecule has 1 aliphatic heterocycles. The number of ether oxygens (including phenoxy) is 1. The van der Waals surface area contributed by atoms with Gasteiger partial charge >= 0.3 is 0 Å². The van der Waals surface area contributed by atoms with Gasteiger partial charge in [0.25, 0.3) is 0 Å². The molecule has 1 N–H and O–H groups in total. The van der Waals surface area contributed by atoms with E-state index in [2.05, 4.69) is 17.1 Å². The fourth-order valence-electron chi connectivity index (χ4n) is 3.22. The minimum Gasteiger partial charge on any atom is -0.379 e. The van der Waals surface area contributed by atoms with E-state index in [4.69, 9.17) is 4.74 Å². The first-order valence-electron chi connectivity index (χ1n) is 7.79. The lowest BCUT2D eigenvalue weighted by molar-refractivity contribution is 0.0373. The smallest absolute Gasteiger partial charge is 0.0594 e. The summed E-state index contributed by atoms with van der Waals surface area (Å²) in [7, 11) is 0. The van der Waals surface area contributed by atoms with Crippen LogP contribution in [0.1, 0.15) is 45.4 Å². The van der Waals surface area contributed by atoms with Gasteiger partial charge in [0.15, 0.2) is 0 Å². The van der Waals surface area contributed by atoms with Crippen molar-refractivity contribution >= 4 is 0 Å². The molecular weight excluding hydrogens is 224 g/mol. The SMILES string of the molecule is CC1(CNCCCN2CCOCC2)CCCCC1. The maximum Gasteiger partial charge on any atom is 0.0594 e. The maximum absolute atomic E-state index is 5.36. The molecular formula is C15H30N2O. The van der Waals surface area contributed by atoms with E-state index in [1.807, 2.05) is 0 Å². The number of rotatable bonds is 6. The average Bonchev–Trinajstić information content (AvgIpc) is 2.40. The molecule has 0 unspecified atom stereocenters. The number of nitrogens with one attached hydrogen (secondary N) is 1. The molecule has 0 aromatic rings. The van der Waals surface area contributed by atoms with Gasteiger partial charge in [-0.3, -0.25) is 4.90 Å². The molecule has 2 fully saturated rings. The van der Waals surface area contributed by atoms with Crippen molar-refractivity contribution in [2.75, 3.05) is 45.9 Å². The summed E-state index contributed by atoms with van der Waals surface area (Å²) in [5.74, 6) is 0. The lowest BCUT2D eigenvalue weighted by Gasteiger charge is -2.34. The molecule has 2 aliphatic rings. The molecule has 1 aliphatic carbocycles. The Morgan fingerprint density at radius 2 is 1.83 bits per heavy atom. The number of hydrogen-bond donors (Lipinski definition) is 1. The van der Waals surface area contributed by atoms with Crippen molar-refractivity contribution in [3.05, 3.63) is 0 Å². The number of morpholine rings is 1. The zero-order valence-electron chi connectivity index (χ0n) is 12.0. The lowest BCUT2D eigenvalue weighted by atomic mass is 9.76. The van der Waals surface area contributed by atoms with E-state index in [-0.39, 0.29) is 0 Å². The van der Waals surface area contributed by atoms with E-state index in [0.29, 0.717) is 5.41 Å². The molecule has 0 aromatic carbocycles. The fraction of sp³-hybridized carbons (Fsp3) is 1.00. The van der Waals surface area contributed by atoms with E-state index in [1.165, 1.54) is 58.2 Å². The van der Waals surface area contributed by atoms with E-state index < -0.39 is 0 Å². The normalized spacial score (nSPS) is 25.2. The van der Waals surface area contributed by atoms with Crippen LogP contribution in [0.3, 0.4) is 0 Å². The van der Waals surface area contributed by atoms with Crippen LogP contribution in [0.4, 0.5) is 0 Å². The molecule has 0 amide bonds. The summed E-state index contributed by atoms with van der Waals surface area (Å²) in [6.45, 7) is 10.2. The second-order valence-electron chi connectivity index (χ2n) is 6.36. The van der Waals surface area contributed by atoms with Crippen molar-refractivity contribution in [2.24, 2.45) is 5.41 Å². The van der Waals surface area contributed by atoms with E-state index >= 15 is 0 Å². The van der Waals surface area contributed by atoms with Crippen LogP contribution < -0.4 is 5.32 Å². The summed E-state index contributed by atoms with van der Waals surface area (Å²) in [6.07, 6.45) is 8.44. The molecule has 18 heavy (non-hydrogen) atoms. The Morgan fingerprint density at radius 3 is 2.56 bits per heavy atom. The highest BCUT2D eigenvalue weighted by atomic mass is 16.5. The Kier molecular flexibility index (Phi) is 5.93. The largest absolute Gasteiger partial charge is 0.379 e. The van der Waals surface area contributed by atoms with Gasteiger partial charge in [0.2, 0.25) is 0 Å². The Morgan fingerprint density at radius 1 is 1.11 bits per heavy atom. The predicted octanol–water partition coefficient (Wildman–Crippen LogP) is 2.27. The molecule has 0 bridgehead atoms.